The Kier molecular flexibility index (Phi) is 2.68. The van der Waals surface area contributed by atoms with Crippen LogP contribution >= 0.6 is 0 Å². The highest BCUT2D eigenvalue weighted by Crippen LogP contribution is 2.16. The molecule has 0 aromatic carbocycles. The predicted octanol–water partition coefficient (Wildman–Crippen LogP) is 1.13. The number of hydrogen-bond acceptors (Lipinski definition) is 3. The molecule has 0 radical (unpaired) electrons. The maximum absolute atomic E-state index is 11.8. The quantitative estimate of drug-likeness (QED) is 0.846. The Morgan fingerprint density at radius 2 is 2.41 bits per heavy atom. The first kappa shape index (κ1) is 10.5. The molecule has 0 bridgehead atoms. The largest absolute Gasteiger partial charge is 0.378 e. The summed E-state index contributed by atoms with van der Waals surface area (Å²) in [6.07, 6.45) is 4.28. The van der Waals surface area contributed by atoms with Crippen LogP contribution in [0.4, 0.5) is 0 Å². The molecular formula is C12H15N3O2. The van der Waals surface area contributed by atoms with Crippen molar-refractivity contribution in [2.45, 2.75) is 31.8 Å². The molecule has 1 aliphatic heterocycles. The molecule has 3 rings (SSSR count). The van der Waals surface area contributed by atoms with E-state index in [1.54, 1.807) is 16.5 Å². The Labute approximate surface area is 98.4 Å². The summed E-state index contributed by atoms with van der Waals surface area (Å²) in [5, 5.41) is 7.08. The van der Waals surface area contributed by atoms with Crippen molar-refractivity contribution >= 4 is 5.65 Å². The van der Waals surface area contributed by atoms with E-state index in [-0.39, 0.29) is 11.7 Å². The Bertz CT molecular complexity index is 566. The molecule has 1 unspecified atom stereocenters. The Hall–Kier alpha value is -1.62. The van der Waals surface area contributed by atoms with E-state index in [9.17, 15) is 4.79 Å². The lowest BCUT2D eigenvalue weighted by atomic mass is 10.1. The summed E-state index contributed by atoms with van der Waals surface area (Å²) in [5.41, 5.74) is 0.699. The molecule has 2 aromatic heterocycles. The molecule has 0 amide bonds. The van der Waals surface area contributed by atoms with Crippen LogP contribution in [0.5, 0.6) is 0 Å². The van der Waals surface area contributed by atoms with Crippen LogP contribution in [0, 0.1) is 0 Å². The minimum atomic E-state index is -0.0398. The van der Waals surface area contributed by atoms with Crippen LogP contribution < -0.4 is 5.56 Å². The van der Waals surface area contributed by atoms with Gasteiger partial charge in [-0.05, 0) is 25.3 Å². The van der Waals surface area contributed by atoms with Crippen LogP contribution in [-0.2, 0) is 11.2 Å². The van der Waals surface area contributed by atoms with E-state index in [4.69, 9.17) is 4.74 Å². The molecule has 1 aliphatic rings. The first-order valence-electron chi connectivity index (χ1n) is 6.01. The van der Waals surface area contributed by atoms with Gasteiger partial charge in [0.15, 0.2) is 0 Å². The zero-order chi connectivity index (χ0) is 11.7. The zero-order valence-electron chi connectivity index (χ0n) is 9.56. The Morgan fingerprint density at radius 1 is 1.47 bits per heavy atom. The van der Waals surface area contributed by atoms with Crippen molar-refractivity contribution in [3.63, 3.8) is 0 Å². The first-order chi connectivity index (χ1) is 8.34. The molecule has 0 saturated carbocycles. The van der Waals surface area contributed by atoms with Gasteiger partial charge in [-0.2, -0.15) is 5.10 Å². The maximum Gasteiger partial charge on any atom is 0.257 e. The number of fused-ring (bicyclic) bond motifs is 1. The molecule has 1 fully saturated rings. The van der Waals surface area contributed by atoms with Crippen LogP contribution in [0.3, 0.4) is 0 Å². The highest BCUT2D eigenvalue weighted by Gasteiger charge is 2.17. The van der Waals surface area contributed by atoms with Crippen molar-refractivity contribution in [3.05, 3.63) is 34.4 Å². The van der Waals surface area contributed by atoms with E-state index in [2.05, 4.69) is 10.2 Å². The molecule has 5 heteroatoms. The second-order valence-electron chi connectivity index (χ2n) is 4.42. The normalized spacial score (nSPS) is 20.8. The van der Waals surface area contributed by atoms with Crippen molar-refractivity contribution < 1.29 is 4.74 Å². The molecule has 2 aromatic rings. The van der Waals surface area contributed by atoms with Crippen LogP contribution in [0.2, 0.25) is 0 Å². The van der Waals surface area contributed by atoms with Crippen molar-refractivity contribution in [1.29, 1.82) is 0 Å². The lowest BCUT2D eigenvalue weighted by Crippen LogP contribution is -2.24. The number of rotatable bonds is 2. The summed E-state index contributed by atoms with van der Waals surface area (Å²) in [5.74, 6) is 0.762. The second-order valence-corrected chi connectivity index (χ2v) is 4.42. The van der Waals surface area contributed by atoms with Crippen molar-refractivity contribution in [2.75, 3.05) is 6.61 Å². The van der Waals surface area contributed by atoms with E-state index >= 15 is 0 Å². The van der Waals surface area contributed by atoms with Crippen LogP contribution in [0.15, 0.2) is 23.0 Å². The SMILES string of the molecule is O=c1cccc2[nH]nc(CC3CCCCO3)n12. The average Bonchev–Trinajstić information content (AvgIpc) is 2.75. The number of ether oxygens (including phenoxy) is 1. The van der Waals surface area contributed by atoms with Gasteiger partial charge in [0.2, 0.25) is 0 Å². The number of aromatic nitrogens is 3. The molecular weight excluding hydrogens is 218 g/mol. The minimum Gasteiger partial charge on any atom is -0.378 e. The Balaban J connectivity index is 1.92. The highest BCUT2D eigenvalue weighted by atomic mass is 16.5. The molecule has 1 saturated heterocycles. The van der Waals surface area contributed by atoms with E-state index in [1.165, 1.54) is 6.42 Å². The van der Waals surface area contributed by atoms with E-state index in [0.717, 1.165) is 30.9 Å². The van der Waals surface area contributed by atoms with Crippen molar-refractivity contribution in [3.8, 4) is 0 Å². The lowest BCUT2D eigenvalue weighted by molar-refractivity contribution is 0.0155. The van der Waals surface area contributed by atoms with Gasteiger partial charge in [0.25, 0.3) is 5.56 Å². The van der Waals surface area contributed by atoms with Gasteiger partial charge in [0, 0.05) is 19.1 Å². The van der Waals surface area contributed by atoms with Gasteiger partial charge in [0.05, 0.1) is 6.10 Å². The van der Waals surface area contributed by atoms with Gasteiger partial charge >= 0.3 is 0 Å². The summed E-state index contributed by atoms with van der Waals surface area (Å²) in [6.45, 7) is 0.821. The fourth-order valence-electron chi connectivity index (χ4n) is 2.32. The summed E-state index contributed by atoms with van der Waals surface area (Å²) >= 11 is 0. The second kappa shape index (κ2) is 4.33. The average molecular weight is 233 g/mol. The summed E-state index contributed by atoms with van der Waals surface area (Å²) in [7, 11) is 0. The van der Waals surface area contributed by atoms with Gasteiger partial charge in [-0.25, -0.2) is 4.40 Å². The van der Waals surface area contributed by atoms with Gasteiger partial charge < -0.3 is 4.74 Å². The van der Waals surface area contributed by atoms with Crippen molar-refractivity contribution in [1.82, 2.24) is 14.6 Å². The fourth-order valence-corrected chi connectivity index (χ4v) is 2.32. The standard InChI is InChI=1S/C12H15N3O2/c16-12-6-3-5-10-13-14-11(15(10)12)8-9-4-1-2-7-17-9/h3,5-6,9,13H,1-2,4,7-8H2. The lowest BCUT2D eigenvalue weighted by Gasteiger charge is -2.21. The summed E-state index contributed by atoms with van der Waals surface area (Å²) < 4.78 is 7.29. The highest BCUT2D eigenvalue weighted by molar-refractivity contribution is 5.37. The van der Waals surface area contributed by atoms with Gasteiger partial charge in [0.1, 0.15) is 11.5 Å². The maximum atomic E-state index is 11.8. The van der Waals surface area contributed by atoms with Crippen molar-refractivity contribution in [2.24, 2.45) is 0 Å². The number of nitrogens with one attached hydrogen (secondary N) is 1. The van der Waals surface area contributed by atoms with Crippen LogP contribution in [0.1, 0.15) is 25.1 Å². The summed E-state index contributed by atoms with van der Waals surface area (Å²) in [6, 6.07) is 5.13. The minimum absolute atomic E-state index is 0.0398. The van der Waals surface area contributed by atoms with Crippen LogP contribution in [0.25, 0.3) is 5.65 Å². The molecule has 0 spiro atoms. The van der Waals surface area contributed by atoms with E-state index in [1.807, 2.05) is 6.07 Å². The van der Waals surface area contributed by atoms with E-state index in [0.29, 0.717) is 6.42 Å². The number of nitrogens with zero attached hydrogens (tertiary/aromatic N) is 2. The third-order valence-electron chi connectivity index (χ3n) is 3.20. The molecule has 5 nitrogen and oxygen atoms in total. The fraction of sp³-hybridized carbons (Fsp3) is 0.500. The monoisotopic (exact) mass is 233 g/mol. The molecule has 90 valence electrons. The smallest absolute Gasteiger partial charge is 0.257 e. The number of H-pyrrole nitrogens is 1. The van der Waals surface area contributed by atoms with Gasteiger partial charge in [-0.15, -0.1) is 0 Å². The predicted molar refractivity (Wildman–Crippen MR) is 63.1 cm³/mol. The molecule has 17 heavy (non-hydrogen) atoms. The van der Waals surface area contributed by atoms with E-state index < -0.39 is 0 Å². The number of pyridine rings is 1. The van der Waals surface area contributed by atoms with Crippen LogP contribution in [-0.4, -0.2) is 27.3 Å². The zero-order valence-corrected chi connectivity index (χ0v) is 9.56. The molecule has 0 aliphatic carbocycles. The third kappa shape index (κ3) is 1.98. The topological polar surface area (TPSA) is 59.4 Å². The first-order valence-corrected chi connectivity index (χ1v) is 6.01. The number of aromatic amines is 1. The third-order valence-corrected chi connectivity index (χ3v) is 3.20. The summed E-state index contributed by atoms with van der Waals surface area (Å²) in [4.78, 5) is 11.8. The Morgan fingerprint density at radius 3 is 3.24 bits per heavy atom. The molecule has 1 N–H and O–H groups in total. The molecule has 1 atom stereocenters. The van der Waals surface area contributed by atoms with Gasteiger partial charge in [-0.1, -0.05) is 6.07 Å². The number of hydrogen-bond donors (Lipinski definition) is 1. The van der Waals surface area contributed by atoms with Gasteiger partial charge in [-0.3, -0.25) is 9.89 Å². The molecule has 3 heterocycles.